The third kappa shape index (κ3) is 3.60. The lowest BCUT2D eigenvalue weighted by atomic mass is 10.2. The van der Waals surface area contributed by atoms with Gasteiger partial charge in [-0.25, -0.2) is 14.4 Å². The van der Waals surface area contributed by atoms with Gasteiger partial charge in [-0.2, -0.15) is 0 Å². The number of amidine groups is 1. The number of halogens is 1. The minimum absolute atomic E-state index is 0.178. The number of hydrogen-bond acceptors (Lipinski definition) is 7. The Hall–Kier alpha value is -3.14. The lowest BCUT2D eigenvalue weighted by Crippen LogP contribution is -2.29. The van der Waals surface area contributed by atoms with Gasteiger partial charge in [0.25, 0.3) is 5.91 Å². The highest BCUT2D eigenvalue weighted by molar-refractivity contribution is 8.20. The molecule has 0 spiro atoms. The van der Waals surface area contributed by atoms with Gasteiger partial charge in [-0.05, 0) is 73.3 Å². The van der Waals surface area contributed by atoms with Gasteiger partial charge in [-0.15, -0.1) is 11.3 Å². The molecule has 168 valence electrons. The Morgan fingerprint density at radius 2 is 1.79 bits per heavy atom. The SMILES string of the molecule is Cc1nc2cc(N=C3SC(=C4Sc5ccccc5N4C)C(=O)N3c3ccc(F)cc3)ccc2s1. The molecule has 1 aromatic heterocycles. The number of thioether (sulfide) groups is 2. The molecule has 1 fully saturated rings. The number of aryl methyl sites for hydroxylation is 1. The van der Waals surface area contributed by atoms with Gasteiger partial charge in [0.2, 0.25) is 0 Å². The molecule has 0 radical (unpaired) electrons. The summed E-state index contributed by atoms with van der Waals surface area (Å²) in [6.07, 6.45) is 0. The molecule has 0 N–H and O–H groups in total. The molecule has 3 heterocycles. The van der Waals surface area contributed by atoms with E-state index in [1.165, 1.54) is 23.9 Å². The molecule has 6 rings (SSSR count). The second kappa shape index (κ2) is 8.26. The molecule has 34 heavy (non-hydrogen) atoms. The van der Waals surface area contributed by atoms with E-state index in [0.29, 0.717) is 21.4 Å². The molecule has 2 aliphatic rings. The van der Waals surface area contributed by atoms with Crippen LogP contribution in [-0.2, 0) is 4.79 Å². The summed E-state index contributed by atoms with van der Waals surface area (Å²) in [7, 11) is 1.96. The number of carbonyl (C=O) groups is 1. The van der Waals surface area contributed by atoms with Crippen LogP contribution < -0.4 is 9.80 Å². The third-order valence-electron chi connectivity index (χ3n) is 5.50. The van der Waals surface area contributed by atoms with Crippen molar-refractivity contribution in [2.24, 2.45) is 4.99 Å². The number of aliphatic imine (C=N–C) groups is 1. The monoisotopic (exact) mass is 504 g/mol. The molecule has 0 aliphatic carbocycles. The highest BCUT2D eigenvalue weighted by atomic mass is 32.2. The summed E-state index contributed by atoms with van der Waals surface area (Å²) in [6, 6.07) is 19.8. The summed E-state index contributed by atoms with van der Waals surface area (Å²) in [5, 5.41) is 2.38. The smallest absolute Gasteiger partial charge is 0.274 e. The highest BCUT2D eigenvalue weighted by Crippen LogP contribution is 2.50. The van der Waals surface area contributed by atoms with Crippen molar-refractivity contribution in [3.05, 3.63) is 87.5 Å². The highest BCUT2D eigenvalue weighted by Gasteiger charge is 2.40. The quantitative estimate of drug-likeness (QED) is 0.277. The molecular weight excluding hydrogens is 488 g/mol. The number of hydrogen-bond donors (Lipinski definition) is 0. The number of rotatable bonds is 2. The summed E-state index contributed by atoms with van der Waals surface area (Å²) in [4.78, 5) is 28.4. The number of amides is 1. The fourth-order valence-corrected chi connectivity index (χ4v) is 7.06. The normalized spacial score (nSPS) is 19.0. The zero-order chi connectivity index (χ0) is 23.4. The van der Waals surface area contributed by atoms with Crippen LogP contribution in [0.2, 0.25) is 0 Å². The van der Waals surface area contributed by atoms with Crippen LogP contribution in [-0.4, -0.2) is 23.1 Å². The molecule has 1 saturated heterocycles. The second-order valence-corrected chi connectivity index (χ2v) is 11.0. The number of para-hydroxylation sites is 1. The zero-order valence-electron chi connectivity index (χ0n) is 18.2. The van der Waals surface area contributed by atoms with Crippen LogP contribution in [0.5, 0.6) is 0 Å². The molecule has 0 saturated carbocycles. The summed E-state index contributed by atoms with van der Waals surface area (Å²) >= 11 is 4.54. The molecule has 0 unspecified atom stereocenters. The second-order valence-electron chi connectivity index (χ2n) is 7.76. The van der Waals surface area contributed by atoms with Gasteiger partial charge in [0.05, 0.1) is 37.3 Å². The van der Waals surface area contributed by atoms with Crippen LogP contribution in [0.4, 0.5) is 21.5 Å². The minimum atomic E-state index is -0.356. The predicted molar refractivity (Wildman–Crippen MR) is 141 cm³/mol. The van der Waals surface area contributed by atoms with Crippen LogP contribution in [0, 0.1) is 12.7 Å². The van der Waals surface area contributed by atoms with Crippen LogP contribution in [0.3, 0.4) is 0 Å². The van der Waals surface area contributed by atoms with Gasteiger partial charge >= 0.3 is 0 Å². The molecule has 5 nitrogen and oxygen atoms in total. The summed E-state index contributed by atoms with van der Waals surface area (Å²) in [5.41, 5.74) is 3.22. The van der Waals surface area contributed by atoms with Crippen LogP contribution in [0.15, 0.2) is 86.6 Å². The average molecular weight is 505 g/mol. The predicted octanol–water partition coefficient (Wildman–Crippen LogP) is 6.92. The maximum absolute atomic E-state index is 13.7. The number of carbonyl (C=O) groups excluding carboxylic acids is 1. The number of anilines is 2. The molecule has 0 atom stereocenters. The number of aromatic nitrogens is 1. The van der Waals surface area contributed by atoms with E-state index in [9.17, 15) is 9.18 Å². The van der Waals surface area contributed by atoms with E-state index in [1.807, 2.05) is 61.3 Å². The Kier molecular flexibility index (Phi) is 5.20. The van der Waals surface area contributed by atoms with Gasteiger partial charge in [0.1, 0.15) is 10.7 Å². The van der Waals surface area contributed by atoms with Crippen molar-refractivity contribution in [1.29, 1.82) is 0 Å². The van der Waals surface area contributed by atoms with Crippen molar-refractivity contribution >= 4 is 73.2 Å². The molecule has 3 aromatic carbocycles. The van der Waals surface area contributed by atoms with E-state index < -0.39 is 0 Å². The topological polar surface area (TPSA) is 48.8 Å². The Morgan fingerprint density at radius 1 is 1.00 bits per heavy atom. The standard InChI is InChI=1S/C25H17FN4OS3/c1-14-27-18-13-16(9-12-20(18)32-14)28-25-30(17-10-7-15(26)8-11-17)23(31)22(34-25)24-29(2)19-5-3-4-6-21(19)33-24/h3-13H,1-2H3. The fourth-order valence-electron chi connectivity index (χ4n) is 3.91. The zero-order valence-corrected chi connectivity index (χ0v) is 20.6. The van der Waals surface area contributed by atoms with Gasteiger partial charge < -0.3 is 4.90 Å². The van der Waals surface area contributed by atoms with Crippen molar-refractivity contribution in [3.63, 3.8) is 0 Å². The van der Waals surface area contributed by atoms with Crippen LogP contribution >= 0.6 is 34.9 Å². The Bertz CT molecular complexity index is 1530. The molecule has 2 aliphatic heterocycles. The first kappa shape index (κ1) is 21.4. The summed E-state index contributed by atoms with van der Waals surface area (Å²) in [6.45, 7) is 1.98. The average Bonchev–Trinajstić information content (AvgIpc) is 3.47. The van der Waals surface area contributed by atoms with Crippen LogP contribution in [0.1, 0.15) is 5.01 Å². The number of benzene rings is 3. The van der Waals surface area contributed by atoms with E-state index in [2.05, 4.69) is 4.98 Å². The summed E-state index contributed by atoms with van der Waals surface area (Å²) < 4.78 is 14.7. The van der Waals surface area contributed by atoms with Gasteiger partial charge in [0.15, 0.2) is 5.17 Å². The Labute approximate surface area is 208 Å². The first-order valence-electron chi connectivity index (χ1n) is 10.5. The first-order chi connectivity index (χ1) is 16.5. The van der Waals surface area contributed by atoms with E-state index in [0.717, 1.165) is 30.8 Å². The van der Waals surface area contributed by atoms with E-state index in [1.54, 1.807) is 40.1 Å². The van der Waals surface area contributed by atoms with E-state index >= 15 is 0 Å². The maximum Gasteiger partial charge on any atom is 0.274 e. The van der Waals surface area contributed by atoms with Crippen molar-refractivity contribution in [3.8, 4) is 0 Å². The third-order valence-corrected chi connectivity index (χ3v) is 8.85. The molecule has 9 heteroatoms. The fraction of sp³-hybridized carbons (Fsp3) is 0.0800. The minimum Gasteiger partial charge on any atom is -0.337 e. The molecule has 0 bridgehead atoms. The lowest BCUT2D eigenvalue weighted by Gasteiger charge is -2.16. The van der Waals surface area contributed by atoms with E-state index in [-0.39, 0.29) is 11.7 Å². The largest absolute Gasteiger partial charge is 0.337 e. The van der Waals surface area contributed by atoms with Crippen molar-refractivity contribution in [2.45, 2.75) is 11.8 Å². The van der Waals surface area contributed by atoms with Crippen molar-refractivity contribution < 1.29 is 9.18 Å². The lowest BCUT2D eigenvalue weighted by molar-refractivity contribution is -0.113. The Balaban J connectivity index is 1.46. The Morgan fingerprint density at radius 3 is 2.59 bits per heavy atom. The molecule has 1 amide bonds. The maximum atomic E-state index is 13.7. The van der Waals surface area contributed by atoms with E-state index in [4.69, 9.17) is 4.99 Å². The number of nitrogens with zero attached hydrogens (tertiary/aromatic N) is 4. The van der Waals surface area contributed by atoms with Crippen molar-refractivity contribution in [2.75, 3.05) is 16.8 Å². The number of thiazole rings is 1. The molecular formula is C25H17FN4OS3. The first-order valence-corrected chi connectivity index (χ1v) is 12.9. The molecule has 4 aromatic rings. The number of fused-ring (bicyclic) bond motifs is 2. The van der Waals surface area contributed by atoms with Gasteiger partial charge in [-0.1, -0.05) is 23.9 Å². The van der Waals surface area contributed by atoms with Crippen molar-refractivity contribution in [1.82, 2.24) is 4.98 Å². The van der Waals surface area contributed by atoms with Gasteiger partial charge in [-0.3, -0.25) is 9.69 Å². The summed E-state index contributed by atoms with van der Waals surface area (Å²) in [5.74, 6) is -0.533. The van der Waals surface area contributed by atoms with Crippen LogP contribution in [0.25, 0.3) is 10.2 Å². The van der Waals surface area contributed by atoms with Gasteiger partial charge in [0, 0.05) is 11.9 Å².